The topological polar surface area (TPSA) is 98.2 Å². The first-order chi connectivity index (χ1) is 12.1. The van der Waals surface area contributed by atoms with E-state index >= 15 is 0 Å². The first-order valence-corrected chi connectivity index (χ1v) is 9.20. The summed E-state index contributed by atoms with van der Waals surface area (Å²) in [5, 5.41) is 14.2. The Kier molecular flexibility index (Phi) is 6.33. The molecule has 2 heterocycles. The van der Waals surface area contributed by atoms with Crippen molar-refractivity contribution in [3.05, 3.63) is 23.8 Å². The van der Waals surface area contributed by atoms with Gasteiger partial charge in [0.05, 0.1) is 18.1 Å². The van der Waals surface area contributed by atoms with Gasteiger partial charge in [-0.3, -0.25) is 9.69 Å². The molecule has 0 spiro atoms. The van der Waals surface area contributed by atoms with Crippen LogP contribution in [-0.2, 0) is 16.0 Å². The van der Waals surface area contributed by atoms with Crippen molar-refractivity contribution in [1.82, 2.24) is 20.2 Å². The number of amides is 1. The summed E-state index contributed by atoms with van der Waals surface area (Å²) in [6.07, 6.45) is 9.74. The Morgan fingerprint density at radius 1 is 1.08 bits per heavy atom. The Labute approximate surface area is 175 Å². The summed E-state index contributed by atoms with van der Waals surface area (Å²) >= 11 is 0. The molecule has 0 bridgehead atoms. The number of likely N-dealkylation sites (tertiary alicyclic amines) is 1. The number of aliphatic carboxylic acids is 1. The van der Waals surface area contributed by atoms with Crippen LogP contribution in [0.1, 0.15) is 55.8 Å². The number of hydrogen-bond acceptors (Lipinski definition) is 6. The number of nitrogens with zero attached hydrogens (tertiary/aromatic N) is 3. The van der Waals surface area contributed by atoms with Crippen molar-refractivity contribution in [3.63, 3.8) is 0 Å². The minimum absolute atomic E-state index is 0. The van der Waals surface area contributed by atoms with Crippen LogP contribution in [0.15, 0.2) is 12.4 Å². The fourth-order valence-corrected chi connectivity index (χ4v) is 3.71. The van der Waals surface area contributed by atoms with E-state index < -0.39 is 12.0 Å². The number of carboxylic acids is 1. The van der Waals surface area contributed by atoms with E-state index in [4.69, 9.17) is 0 Å². The predicted octanol–water partition coefficient (Wildman–Crippen LogP) is -3.24. The summed E-state index contributed by atoms with van der Waals surface area (Å²) in [7, 11) is 0. The normalized spacial score (nSPS) is 25.5. The molecule has 0 aromatic carbocycles. The zero-order valence-electron chi connectivity index (χ0n) is 15.2. The van der Waals surface area contributed by atoms with Crippen molar-refractivity contribution in [2.75, 3.05) is 6.54 Å². The second-order valence-corrected chi connectivity index (χ2v) is 7.37. The van der Waals surface area contributed by atoms with Gasteiger partial charge in [0.1, 0.15) is 5.82 Å². The molecular weight excluding hydrogens is 343 g/mol. The summed E-state index contributed by atoms with van der Waals surface area (Å²) in [5.41, 5.74) is 1.00. The summed E-state index contributed by atoms with van der Waals surface area (Å²) < 4.78 is 0. The van der Waals surface area contributed by atoms with Gasteiger partial charge in [0, 0.05) is 30.9 Å². The molecule has 0 radical (unpaired) electrons. The van der Waals surface area contributed by atoms with Gasteiger partial charge >= 0.3 is 29.6 Å². The summed E-state index contributed by atoms with van der Waals surface area (Å²) in [4.78, 5) is 34.4. The summed E-state index contributed by atoms with van der Waals surface area (Å²) in [6.45, 7) is 0.510. The quantitative estimate of drug-likeness (QED) is 0.510. The Bertz CT molecular complexity index is 661. The molecule has 1 aliphatic heterocycles. The van der Waals surface area contributed by atoms with Gasteiger partial charge in [-0.05, 0) is 50.5 Å². The van der Waals surface area contributed by atoms with Crippen LogP contribution < -0.4 is 40.0 Å². The van der Waals surface area contributed by atoms with Crippen LogP contribution >= 0.6 is 0 Å². The molecule has 2 aliphatic carbocycles. The second-order valence-electron chi connectivity index (χ2n) is 7.37. The molecule has 3 aliphatic rings. The van der Waals surface area contributed by atoms with Gasteiger partial charge in [0.2, 0.25) is 5.91 Å². The third kappa shape index (κ3) is 4.44. The first-order valence-electron chi connectivity index (χ1n) is 9.20. The Hall–Kier alpha value is -1.02. The van der Waals surface area contributed by atoms with Crippen molar-refractivity contribution >= 4 is 11.9 Å². The number of aromatic nitrogens is 2. The Morgan fingerprint density at radius 3 is 2.31 bits per heavy atom. The summed E-state index contributed by atoms with van der Waals surface area (Å²) in [6, 6.07) is -0.736. The second kappa shape index (κ2) is 8.33. The van der Waals surface area contributed by atoms with Gasteiger partial charge in [-0.1, -0.05) is 0 Å². The number of rotatable bonds is 7. The maximum atomic E-state index is 12.5. The maximum Gasteiger partial charge on any atom is 1.00 e. The minimum Gasteiger partial charge on any atom is -0.548 e. The van der Waals surface area contributed by atoms with Crippen molar-refractivity contribution in [3.8, 4) is 0 Å². The number of carboxylic acid groups (broad SMARTS) is 1. The van der Waals surface area contributed by atoms with E-state index in [-0.39, 0.29) is 47.5 Å². The van der Waals surface area contributed by atoms with E-state index in [0.29, 0.717) is 31.7 Å². The molecule has 1 amide bonds. The fourth-order valence-electron chi connectivity index (χ4n) is 3.71. The van der Waals surface area contributed by atoms with Crippen molar-refractivity contribution in [2.24, 2.45) is 0 Å². The minimum atomic E-state index is -1.06. The average molecular weight is 366 g/mol. The molecule has 134 valence electrons. The molecular formula is C18H23N4NaO3. The van der Waals surface area contributed by atoms with Crippen LogP contribution in [0.2, 0.25) is 0 Å². The van der Waals surface area contributed by atoms with E-state index in [9.17, 15) is 14.7 Å². The largest absolute Gasteiger partial charge is 1.00 e. The van der Waals surface area contributed by atoms with Crippen molar-refractivity contribution in [1.29, 1.82) is 0 Å². The zero-order chi connectivity index (χ0) is 17.4. The van der Waals surface area contributed by atoms with Gasteiger partial charge in [0.25, 0.3) is 0 Å². The predicted molar refractivity (Wildman–Crippen MR) is 87.4 cm³/mol. The van der Waals surface area contributed by atoms with E-state index in [1.54, 1.807) is 0 Å². The molecule has 1 saturated heterocycles. The molecule has 7 nitrogen and oxygen atoms in total. The molecule has 8 heteroatoms. The van der Waals surface area contributed by atoms with Crippen LogP contribution in [0.3, 0.4) is 0 Å². The number of carbonyl (C=O) groups is 2. The molecule has 2 saturated carbocycles. The van der Waals surface area contributed by atoms with Crippen LogP contribution in [0, 0.1) is 0 Å². The number of nitrogens with one attached hydrogen (secondary N) is 1. The average Bonchev–Trinajstić information content (AvgIpc) is 3.53. The molecule has 3 fully saturated rings. The molecule has 1 aromatic rings. The van der Waals surface area contributed by atoms with Crippen molar-refractivity contribution in [2.45, 2.75) is 69.0 Å². The molecule has 26 heavy (non-hydrogen) atoms. The fraction of sp³-hybridized carbons (Fsp3) is 0.667. The monoisotopic (exact) mass is 366 g/mol. The van der Waals surface area contributed by atoms with E-state index in [1.165, 1.54) is 12.8 Å². The maximum absolute atomic E-state index is 12.5. The number of hydrogen-bond donors (Lipinski definition) is 1. The van der Waals surface area contributed by atoms with Crippen molar-refractivity contribution < 1.29 is 44.3 Å². The third-order valence-electron chi connectivity index (χ3n) is 5.36. The van der Waals surface area contributed by atoms with Gasteiger partial charge in [0.15, 0.2) is 0 Å². The van der Waals surface area contributed by atoms with E-state index in [1.807, 2.05) is 17.3 Å². The van der Waals surface area contributed by atoms with Gasteiger partial charge in [-0.15, -0.1) is 0 Å². The molecule has 1 N–H and O–H groups in total. The smallest absolute Gasteiger partial charge is 0.548 e. The SMILES string of the molecule is O=C([O-])C1CCC(C(=O)NCCc2cnc(C3CC3)nc2)N1C1CC1.[Na+]. The van der Waals surface area contributed by atoms with E-state index in [2.05, 4.69) is 15.3 Å². The first kappa shape index (κ1) is 19.7. The number of carbonyl (C=O) groups excluding carboxylic acids is 2. The molecule has 1 aromatic heterocycles. The zero-order valence-corrected chi connectivity index (χ0v) is 17.2. The van der Waals surface area contributed by atoms with Crippen LogP contribution in [0.4, 0.5) is 0 Å². The molecule has 4 rings (SSSR count). The standard InChI is InChI=1S/C18H24N4O3.Na/c23-17(14-5-6-15(18(24)25)22(14)13-3-4-13)19-8-7-11-9-20-16(21-10-11)12-1-2-12;/h9-10,12-15H,1-8H2,(H,19,23)(H,24,25);/q;+1/p-1. The molecule has 2 atom stereocenters. The van der Waals surface area contributed by atoms with Gasteiger partial charge in [-0.25, -0.2) is 9.97 Å². The summed E-state index contributed by atoms with van der Waals surface area (Å²) in [5.74, 6) is 0.328. The third-order valence-corrected chi connectivity index (χ3v) is 5.36. The van der Waals surface area contributed by atoms with Crippen LogP contribution in [0.25, 0.3) is 0 Å². The Morgan fingerprint density at radius 2 is 1.73 bits per heavy atom. The molecule has 2 unspecified atom stereocenters. The van der Waals surface area contributed by atoms with Crippen LogP contribution in [0.5, 0.6) is 0 Å². The van der Waals surface area contributed by atoms with E-state index in [0.717, 1.165) is 24.2 Å². The van der Waals surface area contributed by atoms with Gasteiger partial charge < -0.3 is 15.2 Å². The Balaban J connectivity index is 0.00000196. The van der Waals surface area contributed by atoms with Crippen LogP contribution in [-0.4, -0.2) is 51.4 Å². The van der Waals surface area contributed by atoms with Gasteiger partial charge in [-0.2, -0.15) is 0 Å².